The Morgan fingerprint density at radius 1 is 0.800 bits per heavy atom. The molecule has 1 aromatic carbocycles. The molecule has 6 unspecified atom stereocenters. The van der Waals surface area contributed by atoms with Gasteiger partial charge in [0.2, 0.25) is 0 Å². The van der Waals surface area contributed by atoms with Gasteiger partial charge in [0, 0.05) is 25.7 Å². The molecule has 2 fully saturated rings. The van der Waals surface area contributed by atoms with Crippen molar-refractivity contribution in [2.24, 2.45) is 23.7 Å². The highest BCUT2D eigenvalue weighted by Gasteiger charge is 2.43. The molecular weight excluding hydrogens is 368 g/mol. The van der Waals surface area contributed by atoms with Crippen molar-refractivity contribution in [1.29, 1.82) is 0 Å². The van der Waals surface area contributed by atoms with Gasteiger partial charge in [0.1, 0.15) is 11.6 Å². The number of carbonyl (C=O) groups excluding carboxylic acids is 2. The Balaban J connectivity index is 1.97. The number of benzene rings is 1. The van der Waals surface area contributed by atoms with Gasteiger partial charge in [0.05, 0.1) is 0 Å². The van der Waals surface area contributed by atoms with E-state index in [-0.39, 0.29) is 10.8 Å². The molecule has 1 aromatic rings. The van der Waals surface area contributed by atoms with Crippen LogP contribution in [0.2, 0.25) is 0 Å². The molecule has 30 heavy (non-hydrogen) atoms. The number of ketones is 2. The largest absolute Gasteiger partial charge is 0.300 e. The molecular formula is C28H42O2. The highest BCUT2D eigenvalue weighted by molar-refractivity contribution is 5.80. The summed E-state index contributed by atoms with van der Waals surface area (Å²) in [5.41, 5.74) is 3.07. The maximum Gasteiger partial charge on any atom is 0.133 e. The van der Waals surface area contributed by atoms with Crippen molar-refractivity contribution in [3.8, 4) is 0 Å². The lowest BCUT2D eigenvalue weighted by Gasteiger charge is -2.46. The molecule has 2 aliphatic rings. The second-order valence-electron chi connectivity index (χ2n) is 10.9. The number of hydrogen-bond donors (Lipinski definition) is 0. The lowest BCUT2D eigenvalue weighted by Crippen LogP contribution is -2.41. The molecule has 0 heterocycles. The average Bonchev–Trinajstić information content (AvgIpc) is 2.72. The smallest absolute Gasteiger partial charge is 0.133 e. The molecule has 2 heteroatoms. The summed E-state index contributed by atoms with van der Waals surface area (Å²) < 4.78 is 0. The van der Waals surface area contributed by atoms with Crippen LogP contribution in [0.3, 0.4) is 0 Å². The van der Waals surface area contributed by atoms with Gasteiger partial charge >= 0.3 is 0 Å². The maximum atomic E-state index is 12.0. The van der Waals surface area contributed by atoms with Crippen molar-refractivity contribution in [2.75, 3.05) is 0 Å². The molecule has 0 aromatic heterocycles. The summed E-state index contributed by atoms with van der Waals surface area (Å²) in [5.74, 6) is 2.86. The van der Waals surface area contributed by atoms with Gasteiger partial charge in [-0.25, -0.2) is 0 Å². The van der Waals surface area contributed by atoms with Gasteiger partial charge in [-0.05, 0) is 71.3 Å². The van der Waals surface area contributed by atoms with Crippen LogP contribution in [0.1, 0.15) is 104 Å². The van der Waals surface area contributed by atoms with E-state index in [0.717, 1.165) is 51.4 Å². The van der Waals surface area contributed by atoms with Crippen molar-refractivity contribution < 1.29 is 9.59 Å². The first-order valence-electron chi connectivity index (χ1n) is 12.3. The Morgan fingerprint density at radius 2 is 1.20 bits per heavy atom. The summed E-state index contributed by atoms with van der Waals surface area (Å²) in [6.07, 6.45) is 7.17. The Morgan fingerprint density at radius 3 is 1.53 bits per heavy atom. The van der Waals surface area contributed by atoms with E-state index in [0.29, 0.717) is 35.2 Å². The number of Topliss-reactive ketones (excluding diaryl/α,β-unsaturated/α-hetero) is 2. The van der Waals surface area contributed by atoms with Crippen LogP contribution >= 0.6 is 0 Å². The topological polar surface area (TPSA) is 34.1 Å². The van der Waals surface area contributed by atoms with E-state index in [9.17, 15) is 9.59 Å². The highest BCUT2D eigenvalue weighted by Crippen LogP contribution is 2.49. The molecule has 0 bridgehead atoms. The molecule has 166 valence electrons. The van der Waals surface area contributed by atoms with E-state index in [4.69, 9.17) is 0 Å². The quantitative estimate of drug-likeness (QED) is 0.504. The zero-order chi connectivity index (χ0) is 22.1. The molecule has 6 atom stereocenters. The van der Waals surface area contributed by atoms with Gasteiger partial charge in [-0.1, -0.05) is 65.8 Å². The first-order valence-corrected chi connectivity index (χ1v) is 12.3. The highest BCUT2D eigenvalue weighted by atomic mass is 16.1. The first-order chi connectivity index (χ1) is 14.2. The lowest BCUT2D eigenvalue weighted by atomic mass is 9.58. The van der Waals surface area contributed by atoms with Crippen LogP contribution in [0.5, 0.6) is 0 Å². The fourth-order valence-electron chi connectivity index (χ4n) is 6.89. The van der Waals surface area contributed by atoms with Crippen LogP contribution in [-0.4, -0.2) is 11.6 Å². The lowest BCUT2D eigenvalue weighted by molar-refractivity contribution is -0.124. The summed E-state index contributed by atoms with van der Waals surface area (Å²) in [5, 5.41) is 0. The minimum Gasteiger partial charge on any atom is -0.300 e. The van der Waals surface area contributed by atoms with Crippen molar-refractivity contribution >= 4 is 11.6 Å². The Kier molecular flexibility index (Phi) is 6.94. The van der Waals surface area contributed by atoms with Gasteiger partial charge in [-0.15, -0.1) is 0 Å². The van der Waals surface area contributed by atoms with Crippen LogP contribution in [0, 0.1) is 23.7 Å². The van der Waals surface area contributed by atoms with E-state index in [2.05, 4.69) is 65.8 Å². The van der Waals surface area contributed by atoms with Gasteiger partial charge in [0.15, 0.2) is 0 Å². The van der Waals surface area contributed by atoms with E-state index in [1.807, 2.05) is 0 Å². The molecule has 2 saturated carbocycles. The minimum absolute atomic E-state index is 0.0962. The summed E-state index contributed by atoms with van der Waals surface area (Å²) in [7, 11) is 0. The molecule has 0 radical (unpaired) electrons. The third-order valence-electron chi connectivity index (χ3n) is 9.23. The minimum atomic E-state index is 0.0962. The normalized spacial score (nSPS) is 31.8. The Labute approximate surface area is 184 Å². The van der Waals surface area contributed by atoms with Crippen LogP contribution in [0.25, 0.3) is 0 Å². The summed E-state index contributed by atoms with van der Waals surface area (Å²) >= 11 is 0. The predicted octanol–water partition coefficient (Wildman–Crippen LogP) is 7.03. The number of carbonyl (C=O) groups is 2. The van der Waals surface area contributed by atoms with E-state index >= 15 is 0 Å². The van der Waals surface area contributed by atoms with Crippen molar-refractivity contribution in [2.45, 2.75) is 104 Å². The summed E-state index contributed by atoms with van der Waals surface area (Å²) in [6.45, 7) is 14.0. The third kappa shape index (κ3) is 4.16. The first kappa shape index (κ1) is 23.2. The fourth-order valence-corrected chi connectivity index (χ4v) is 6.89. The second kappa shape index (κ2) is 8.97. The van der Waals surface area contributed by atoms with E-state index < -0.39 is 0 Å². The fraction of sp³-hybridized carbons (Fsp3) is 0.714. The molecule has 0 aliphatic heterocycles. The maximum absolute atomic E-state index is 12.0. The molecule has 2 aliphatic carbocycles. The van der Waals surface area contributed by atoms with Crippen LogP contribution < -0.4 is 0 Å². The summed E-state index contributed by atoms with van der Waals surface area (Å²) in [6, 6.07) is 9.38. The standard InChI is InChI=1S/C28H42O2/c1-7-27(5,25-14-12-23(29)16-19(25)3)21-10-9-11-22(18-21)28(6,8-2)26-15-13-24(30)17-20(26)4/h9-11,18-20,25-26H,7-8,12-17H2,1-6H3. The Hall–Kier alpha value is -1.44. The van der Waals surface area contributed by atoms with Gasteiger partial charge < -0.3 is 0 Å². The number of rotatable bonds is 6. The number of hydrogen-bond acceptors (Lipinski definition) is 2. The molecule has 0 N–H and O–H groups in total. The van der Waals surface area contributed by atoms with Crippen molar-refractivity contribution in [3.05, 3.63) is 35.4 Å². The molecule has 2 nitrogen and oxygen atoms in total. The monoisotopic (exact) mass is 410 g/mol. The van der Waals surface area contributed by atoms with Gasteiger partial charge in [-0.2, -0.15) is 0 Å². The van der Waals surface area contributed by atoms with Crippen LogP contribution in [0.4, 0.5) is 0 Å². The van der Waals surface area contributed by atoms with Gasteiger partial charge in [0.25, 0.3) is 0 Å². The molecule has 0 amide bonds. The van der Waals surface area contributed by atoms with Gasteiger partial charge in [-0.3, -0.25) is 9.59 Å². The van der Waals surface area contributed by atoms with Crippen molar-refractivity contribution in [1.82, 2.24) is 0 Å². The Bertz CT molecular complexity index is 719. The summed E-state index contributed by atoms with van der Waals surface area (Å²) in [4.78, 5) is 24.0. The molecule has 0 saturated heterocycles. The predicted molar refractivity (Wildman–Crippen MR) is 125 cm³/mol. The molecule has 3 rings (SSSR count). The van der Waals surface area contributed by atoms with Crippen LogP contribution in [-0.2, 0) is 20.4 Å². The average molecular weight is 411 g/mol. The van der Waals surface area contributed by atoms with E-state index in [1.165, 1.54) is 11.1 Å². The van der Waals surface area contributed by atoms with Crippen molar-refractivity contribution in [3.63, 3.8) is 0 Å². The SMILES string of the molecule is CCC(C)(c1cccc(C(C)(CC)C2CCC(=O)CC2C)c1)C1CCC(=O)CC1C. The zero-order valence-corrected chi connectivity index (χ0v) is 20.1. The zero-order valence-electron chi connectivity index (χ0n) is 20.1. The second-order valence-corrected chi connectivity index (χ2v) is 10.9. The van der Waals surface area contributed by atoms with Crippen LogP contribution in [0.15, 0.2) is 24.3 Å². The molecule has 0 spiro atoms. The third-order valence-corrected chi connectivity index (χ3v) is 9.23. The van der Waals surface area contributed by atoms with E-state index in [1.54, 1.807) is 0 Å².